The third-order valence-electron chi connectivity index (χ3n) is 9.88. The van der Waals surface area contributed by atoms with E-state index in [0.29, 0.717) is 0 Å². The monoisotopic (exact) mass is 590 g/mol. The molecule has 0 fully saturated rings. The fourth-order valence-electron chi connectivity index (χ4n) is 8.18. The van der Waals surface area contributed by atoms with Gasteiger partial charge < -0.3 is 24.4 Å². The van der Waals surface area contributed by atoms with E-state index in [2.05, 4.69) is 152 Å². The van der Waals surface area contributed by atoms with Crippen molar-refractivity contribution in [1.29, 1.82) is 5.41 Å². The second-order valence-corrected chi connectivity index (χ2v) is 12.0. The highest BCUT2D eigenvalue weighted by Gasteiger charge is 2.37. The zero-order valence-electron chi connectivity index (χ0n) is 24.8. The third-order valence-corrected chi connectivity index (χ3v) is 9.88. The molecule has 46 heavy (non-hydrogen) atoms. The van der Waals surface area contributed by atoms with Gasteiger partial charge in [0.1, 0.15) is 0 Å². The van der Waals surface area contributed by atoms with Crippen molar-refractivity contribution in [1.82, 2.24) is 13.6 Å². The molecule has 0 bridgehead atoms. The Morgan fingerprint density at radius 2 is 1.26 bits per heavy atom. The van der Waals surface area contributed by atoms with Crippen LogP contribution in [0.15, 0.2) is 133 Å². The number of nitrogens with one attached hydrogen (secondary N) is 2. The van der Waals surface area contributed by atoms with Crippen molar-refractivity contribution in [2.45, 2.75) is 0 Å². The summed E-state index contributed by atoms with van der Waals surface area (Å²) in [6, 6.07) is 47.8. The second kappa shape index (κ2) is 9.23. The van der Waals surface area contributed by atoms with Crippen LogP contribution in [0.25, 0.3) is 65.9 Å². The highest BCUT2D eigenvalue weighted by molar-refractivity contribution is 6.88. The summed E-state index contributed by atoms with van der Waals surface area (Å²) in [5.74, 6) is 6.12. The van der Waals surface area contributed by atoms with E-state index in [1.807, 2.05) is 0 Å². The maximum atomic E-state index is 8.40. The van der Waals surface area contributed by atoms with E-state index in [1.54, 1.807) is 0 Å². The van der Waals surface area contributed by atoms with Gasteiger partial charge in [-0.15, -0.1) is 0 Å². The van der Waals surface area contributed by atoms with Gasteiger partial charge in [0, 0.05) is 55.6 Å². The van der Waals surface area contributed by atoms with E-state index >= 15 is 0 Å². The molecule has 0 amide bonds. The van der Waals surface area contributed by atoms with Crippen LogP contribution in [0.3, 0.4) is 0 Å². The first-order valence-corrected chi connectivity index (χ1v) is 15.5. The minimum absolute atomic E-state index is 0.127. The first-order chi connectivity index (χ1) is 22.8. The number of nitrogens with zero attached hydrogens (tertiary/aromatic N) is 3. The number of anilines is 1. The number of rotatable bonds is 4. The number of hydrogen-bond donors (Lipinski definition) is 3. The van der Waals surface area contributed by atoms with E-state index in [0.717, 1.165) is 33.7 Å². The topological polar surface area (TPSA) is 76.7 Å². The number of hydrazine groups is 1. The molecule has 216 valence electrons. The molecule has 0 saturated carbocycles. The molecule has 0 saturated heterocycles. The molecule has 1 aliphatic heterocycles. The number of para-hydroxylation sites is 5. The Labute approximate surface area is 264 Å². The van der Waals surface area contributed by atoms with E-state index in [-0.39, 0.29) is 6.85 Å². The normalized spacial score (nSPS) is 12.5. The standard InChI is InChI=1S/C39H27BN6/c41-23-35-37(43-42)28-15-10-17-30-38(28)45(35)33-20-9-6-16-29(33)40(30)46-32-19-8-4-13-25(32)26-21-22-34-36(39(26)46)27-14-5-7-18-31(27)44(34)24-11-2-1-3-12-24/h1-23,41,43H,42H2. The molecule has 4 N–H and O–H groups in total. The van der Waals surface area contributed by atoms with E-state index < -0.39 is 0 Å². The minimum atomic E-state index is -0.127. The highest BCUT2D eigenvalue weighted by atomic mass is 15.2. The van der Waals surface area contributed by atoms with E-state index in [1.165, 1.54) is 60.8 Å². The van der Waals surface area contributed by atoms with Crippen LogP contribution in [0, 0.1) is 5.41 Å². The number of aromatic nitrogens is 3. The molecule has 0 atom stereocenters. The van der Waals surface area contributed by atoms with Crippen molar-refractivity contribution in [2.75, 3.05) is 5.43 Å². The third kappa shape index (κ3) is 3.07. The van der Waals surface area contributed by atoms with Gasteiger partial charge in [0.15, 0.2) is 0 Å². The molecule has 0 aliphatic carbocycles. The van der Waals surface area contributed by atoms with Crippen molar-refractivity contribution >= 4 is 84.2 Å². The Morgan fingerprint density at radius 3 is 2.09 bits per heavy atom. The molecule has 1 aliphatic rings. The van der Waals surface area contributed by atoms with Crippen molar-refractivity contribution in [2.24, 2.45) is 5.84 Å². The van der Waals surface area contributed by atoms with Gasteiger partial charge in [-0.05, 0) is 47.3 Å². The van der Waals surface area contributed by atoms with Crippen molar-refractivity contribution < 1.29 is 0 Å². The van der Waals surface area contributed by atoms with Crippen molar-refractivity contribution in [3.63, 3.8) is 0 Å². The lowest BCUT2D eigenvalue weighted by Crippen LogP contribution is -2.53. The number of nitrogen functional groups attached to an aromatic ring is 1. The molecule has 10 rings (SSSR count). The predicted molar refractivity (Wildman–Crippen MR) is 193 cm³/mol. The van der Waals surface area contributed by atoms with Crippen molar-refractivity contribution in [3.05, 3.63) is 139 Å². The second-order valence-electron chi connectivity index (χ2n) is 12.0. The highest BCUT2D eigenvalue weighted by Crippen LogP contribution is 2.42. The summed E-state index contributed by atoms with van der Waals surface area (Å²) in [4.78, 5) is 0. The first-order valence-electron chi connectivity index (χ1n) is 15.5. The predicted octanol–water partition coefficient (Wildman–Crippen LogP) is 7.09. The summed E-state index contributed by atoms with van der Waals surface area (Å²) in [5, 5.41) is 14.3. The maximum Gasteiger partial charge on any atom is 0.332 e. The van der Waals surface area contributed by atoms with Gasteiger partial charge in [0.05, 0.1) is 27.9 Å². The molecule has 0 unspecified atom stereocenters. The largest absolute Gasteiger partial charge is 0.375 e. The molecule has 6 aromatic carbocycles. The summed E-state index contributed by atoms with van der Waals surface area (Å²) in [6.07, 6.45) is 1.40. The number of nitrogens with two attached hydrogens (primary N) is 1. The van der Waals surface area contributed by atoms with Crippen LogP contribution in [0.2, 0.25) is 0 Å². The summed E-state index contributed by atoms with van der Waals surface area (Å²) in [7, 11) is 0. The maximum absolute atomic E-state index is 8.40. The zero-order chi connectivity index (χ0) is 30.5. The van der Waals surface area contributed by atoms with Gasteiger partial charge in [0.2, 0.25) is 0 Å². The average molecular weight is 590 g/mol. The summed E-state index contributed by atoms with van der Waals surface area (Å²) in [6.45, 7) is -0.127. The number of benzene rings is 6. The Morgan fingerprint density at radius 1 is 0.565 bits per heavy atom. The van der Waals surface area contributed by atoms with Gasteiger partial charge in [-0.3, -0.25) is 5.84 Å². The van der Waals surface area contributed by atoms with Crippen LogP contribution >= 0.6 is 0 Å². The lowest BCUT2D eigenvalue weighted by atomic mass is 9.48. The minimum Gasteiger partial charge on any atom is -0.375 e. The number of hydrogen-bond acceptors (Lipinski definition) is 3. The van der Waals surface area contributed by atoms with Gasteiger partial charge in [-0.2, -0.15) is 0 Å². The van der Waals surface area contributed by atoms with Crippen LogP contribution in [0.1, 0.15) is 5.69 Å². The smallest absolute Gasteiger partial charge is 0.332 e. The molecule has 7 heteroatoms. The molecular weight excluding hydrogens is 563 g/mol. The quantitative estimate of drug-likeness (QED) is 0.0887. The Balaban J connectivity index is 1.44. The van der Waals surface area contributed by atoms with Gasteiger partial charge in [-0.25, -0.2) is 0 Å². The van der Waals surface area contributed by atoms with Crippen LogP contribution < -0.4 is 22.2 Å². The molecule has 9 aromatic rings. The fourth-order valence-corrected chi connectivity index (χ4v) is 8.18. The lowest BCUT2D eigenvalue weighted by molar-refractivity contribution is 1.11. The van der Waals surface area contributed by atoms with Gasteiger partial charge >= 0.3 is 6.85 Å². The zero-order valence-corrected chi connectivity index (χ0v) is 24.8. The SMILES string of the molecule is N=Cc1c(NN)c2cccc3c2n1-c1ccccc1B3n1c2ccccc2c2ccc3c(c4ccccc4n3-c3ccccc3)c21. The molecule has 6 nitrogen and oxygen atoms in total. The van der Waals surface area contributed by atoms with Crippen LogP contribution in [-0.4, -0.2) is 26.7 Å². The Kier molecular flexibility index (Phi) is 5.08. The molecule has 4 heterocycles. The molecule has 3 aromatic heterocycles. The van der Waals surface area contributed by atoms with Crippen molar-refractivity contribution in [3.8, 4) is 11.4 Å². The number of fused-ring (bicyclic) bond motifs is 9. The molecule has 0 spiro atoms. The summed E-state index contributed by atoms with van der Waals surface area (Å²) in [5.41, 5.74) is 14.8. The fraction of sp³-hybridized carbons (Fsp3) is 0. The van der Waals surface area contributed by atoms with E-state index in [9.17, 15) is 0 Å². The average Bonchev–Trinajstić information content (AvgIpc) is 3.75. The summed E-state index contributed by atoms with van der Waals surface area (Å²) >= 11 is 0. The van der Waals surface area contributed by atoms with Gasteiger partial charge in [-0.1, -0.05) is 97.1 Å². The van der Waals surface area contributed by atoms with Gasteiger partial charge in [0.25, 0.3) is 0 Å². The Bertz CT molecular complexity index is 2710. The molecule has 0 radical (unpaired) electrons. The van der Waals surface area contributed by atoms with E-state index in [4.69, 9.17) is 11.3 Å². The lowest BCUT2D eigenvalue weighted by Gasteiger charge is -2.28. The first kappa shape index (κ1) is 25.3. The Hall–Kier alpha value is -6.05. The summed E-state index contributed by atoms with van der Waals surface area (Å²) < 4.78 is 7.16. The van der Waals surface area contributed by atoms with Crippen LogP contribution in [-0.2, 0) is 0 Å². The molecular formula is C39H27BN6. The van der Waals surface area contributed by atoms with Crippen LogP contribution in [0.5, 0.6) is 0 Å². The van der Waals surface area contributed by atoms with Crippen LogP contribution in [0.4, 0.5) is 5.69 Å².